The van der Waals surface area contributed by atoms with Gasteiger partial charge in [-0.05, 0) is 55.0 Å². The third kappa shape index (κ3) is 5.53. The van der Waals surface area contributed by atoms with Crippen LogP contribution in [0.15, 0.2) is 54.0 Å². The highest BCUT2D eigenvalue weighted by Crippen LogP contribution is 2.23. The number of aryl methyl sites for hydroxylation is 1. The number of carboxylic acids is 1. The molecule has 1 rings (SSSR count). The average Bonchev–Trinajstić information content (AvgIpc) is 2.59. The van der Waals surface area contributed by atoms with E-state index in [4.69, 9.17) is 0 Å². The monoisotopic (exact) mass is 337 g/mol. The molecule has 0 radical (unpaired) electrons. The van der Waals surface area contributed by atoms with E-state index in [1.165, 1.54) is 12.2 Å². The fourth-order valence-electron chi connectivity index (χ4n) is 2.29. The van der Waals surface area contributed by atoms with Gasteiger partial charge in [0, 0.05) is 5.57 Å². The summed E-state index contributed by atoms with van der Waals surface area (Å²) >= 11 is 0. The topological polar surface area (TPSA) is 81.3 Å². The zero-order valence-electron chi connectivity index (χ0n) is 14.8. The molecule has 0 aliphatic carbocycles. The van der Waals surface area contributed by atoms with Crippen LogP contribution < -0.4 is 0 Å². The summed E-state index contributed by atoms with van der Waals surface area (Å²) in [5.41, 5.74) is 4.97. The molecule has 4 nitrogen and oxygen atoms in total. The van der Waals surface area contributed by atoms with Gasteiger partial charge in [0.15, 0.2) is 0 Å². The molecule has 0 spiro atoms. The number of nitrogens with zero attached hydrogens (tertiary/aromatic N) is 1. The summed E-state index contributed by atoms with van der Waals surface area (Å²) in [6.45, 7) is 9.39. The van der Waals surface area contributed by atoms with Gasteiger partial charge in [-0.1, -0.05) is 32.6 Å². The molecule has 25 heavy (non-hydrogen) atoms. The van der Waals surface area contributed by atoms with Crippen molar-refractivity contribution in [3.8, 4) is 6.07 Å². The van der Waals surface area contributed by atoms with E-state index in [0.717, 1.165) is 18.4 Å². The third-order valence-corrected chi connectivity index (χ3v) is 3.79. The molecule has 4 heteroatoms. The number of aliphatic hydroxyl groups excluding tert-OH is 1. The third-order valence-electron chi connectivity index (χ3n) is 3.79. The molecule has 1 aromatic carbocycles. The molecule has 0 aliphatic rings. The number of rotatable bonds is 7. The molecule has 0 aliphatic heterocycles. The second kappa shape index (κ2) is 9.32. The Morgan fingerprint density at radius 2 is 2.04 bits per heavy atom. The second-order valence-electron chi connectivity index (χ2n) is 6.04. The lowest BCUT2D eigenvalue weighted by atomic mass is 9.94. The molecule has 2 N–H and O–H groups in total. The van der Waals surface area contributed by atoms with E-state index in [9.17, 15) is 20.3 Å². The van der Waals surface area contributed by atoms with Crippen molar-refractivity contribution in [1.29, 1.82) is 5.26 Å². The highest BCUT2D eigenvalue weighted by molar-refractivity contribution is 5.95. The van der Waals surface area contributed by atoms with Gasteiger partial charge >= 0.3 is 5.97 Å². The lowest BCUT2D eigenvalue weighted by Crippen LogP contribution is -2.04. The average molecular weight is 337 g/mol. The van der Waals surface area contributed by atoms with Gasteiger partial charge in [0.2, 0.25) is 0 Å². The Hall–Kier alpha value is -3.02. The number of aliphatic carboxylic acids is 1. The molecule has 0 bridgehead atoms. The Bertz CT molecular complexity index is 801. The molecule has 0 aromatic heterocycles. The molecule has 0 saturated heterocycles. The molecule has 0 heterocycles. The van der Waals surface area contributed by atoms with Crippen LogP contribution in [0.3, 0.4) is 0 Å². The van der Waals surface area contributed by atoms with Crippen molar-refractivity contribution < 1.29 is 15.0 Å². The summed E-state index contributed by atoms with van der Waals surface area (Å²) in [6.07, 6.45) is 4.39. The molecule has 0 fully saturated rings. The Morgan fingerprint density at radius 1 is 1.36 bits per heavy atom. The molecule has 1 aromatic rings. The van der Waals surface area contributed by atoms with E-state index in [1.54, 1.807) is 13.0 Å². The standard InChI is InChI=1S/C21H23NO3/c1-5-15(12-19(21(24)25)20(23)6-2)17-10-9-16(8-7-14(3)4)18(11-17)13-22/h6,9-12,14,23H,1,7-8H2,2-4H3,(H,24,25)/b19-12+,20-6+. The van der Waals surface area contributed by atoms with E-state index in [0.29, 0.717) is 22.6 Å². The van der Waals surface area contributed by atoms with Crippen LogP contribution in [0.1, 0.15) is 43.9 Å². The zero-order valence-corrected chi connectivity index (χ0v) is 14.8. The Kier molecular flexibility index (Phi) is 7.46. The van der Waals surface area contributed by atoms with Gasteiger partial charge in [0.05, 0.1) is 11.6 Å². The van der Waals surface area contributed by atoms with Crippen molar-refractivity contribution in [2.45, 2.75) is 33.6 Å². The molecule has 0 unspecified atom stereocenters. The van der Waals surface area contributed by atoms with Crippen LogP contribution in [0, 0.1) is 17.2 Å². The minimum Gasteiger partial charge on any atom is -0.507 e. The van der Waals surface area contributed by atoms with E-state index in [-0.39, 0.29) is 11.3 Å². The summed E-state index contributed by atoms with van der Waals surface area (Å²) in [5, 5.41) is 28.4. The van der Waals surface area contributed by atoms with E-state index in [1.807, 2.05) is 12.1 Å². The predicted molar refractivity (Wildman–Crippen MR) is 99.0 cm³/mol. The van der Waals surface area contributed by atoms with E-state index >= 15 is 0 Å². The van der Waals surface area contributed by atoms with Crippen LogP contribution in [0.2, 0.25) is 0 Å². The zero-order chi connectivity index (χ0) is 19.0. The first-order chi connectivity index (χ1) is 11.8. The largest absolute Gasteiger partial charge is 0.507 e. The van der Waals surface area contributed by atoms with Crippen LogP contribution >= 0.6 is 0 Å². The predicted octanol–water partition coefficient (Wildman–Crippen LogP) is 4.79. The normalized spacial score (nSPS) is 11.8. The minimum atomic E-state index is -1.25. The number of hydrogen-bond donors (Lipinski definition) is 2. The Labute approximate surface area is 148 Å². The number of nitriles is 1. The highest BCUT2D eigenvalue weighted by atomic mass is 16.4. The van der Waals surface area contributed by atoms with E-state index < -0.39 is 5.97 Å². The van der Waals surface area contributed by atoms with Crippen molar-refractivity contribution in [2.75, 3.05) is 0 Å². The van der Waals surface area contributed by atoms with Gasteiger partial charge in [0.25, 0.3) is 0 Å². The maximum atomic E-state index is 11.3. The lowest BCUT2D eigenvalue weighted by Gasteiger charge is -2.09. The first kappa shape index (κ1) is 20.0. The number of aliphatic hydroxyl groups is 1. The molecular weight excluding hydrogens is 314 g/mol. The molecule has 0 saturated carbocycles. The van der Waals surface area contributed by atoms with Crippen LogP contribution in [-0.4, -0.2) is 16.2 Å². The van der Waals surface area contributed by atoms with Gasteiger partial charge in [-0.2, -0.15) is 5.26 Å². The van der Waals surface area contributed by atoms with Crippen molar-refractivity contribution in [2.24, 2.45) is 5.92 Å². The fourth-order valence-corrected chi connectivity index (χ4v) is 2.29. The summed E-state index contributed by atoms with van der Waals surface area (Å²) in [6, 6.07) is 7.57. The number of carboxylic acid groups (broad SMARTS) is 1. The number of benzene rings is 1. The first-order valence-electron chi connectivity index (χ1n) is 8.08. The summed E-state index contributed by atoms with van der Waals surface area (Å²) in [4.78, 5) is 11.3. The SMILES string of the molecule is C=C=C(/C=C(C(=O)O)\C(O)=C/C)c1ccc(CCC(C)C)c(C#N)c1. The Morgan fingerprint density at radius 3 is 2.52 bits per heavy atom. The summed E-state index contributed by atoms with van der Waals surface area (Å²) in [5.74, 6) is -1.05. The van der Waals surface area contributed by atoms with Gasteiger partial charge in [-0.15, -0.1) is 5.73 Å². The summed E-state index contributed by atoms with van der Waals surface area (Å²) < 4.78 is 0. The second-order valence-corrected chi connectivity index (χ2v) is 6.04. The quantitative estimate of drug-likeness (QED) is 0.324. The minimum absolute atomic E-state index is 0.254. The van der Waals surface area contributed by atoms with Gasteiger partial charge in [-0.3, -0.25) is 0 Å². The molecule has 0 atom stereocenters. The number of allylic oxidation sites excluding steroid dienone is 3. The number of hydrogen-bond acceptors (Lipinski definition) is 3. The fraction of sp³-hybridized carbons (Fsp3) is 0.286. The maximum Gasteiger partial charge on any atom is 0.339 e. The van der Waals surface area contributed by atoms with Crippen LogP contribution in [0.5, 0.6) is 0 Å². The van der Waals surface area contributed by atoms with E-state index in [2.05, 4.69) is 32.2 Å². The van der Waals surface area contributed by atoms with Gasteiger partial charge in [0.1, 0.15) is 11.3 Å². The molecule has 130 valence electrons. The Balaban J connectivity index is 3.32. The van der Waals surface area contributed by atoms with Crippen molar-refractivity contribution >= 4 is 11.5 Å². The molecule has 0 amide bonds. The number of carbonyl (C=O) groups is 1. The maximum absolute atomic E-state index is 11.3. The van der Waals surface area contributed by atoms with Gasteiger partial charge in [-0.25, -0.2) is 4.79 Å². The van der Waals surface area contributed by atoms with Crippen LogP contribution in [0.4, 0.5) is 0 Å². The van der Waals surface area contributed by atoms with Crippen molar-refractivity contribution in [3.05, 3.63) is 70.7 Å². The lowest BCUT2D eigenvalue weighted by molar-refractivity contribution is -0.132. The summed E-state index contributed by atoms with van der Waals surface area (Å²) in [7, 11) is 0. The first-order valence-corrected chi connectivity index (χ1v) is 8.08. The van der Waals surface area contributed by atoms with Crippen LogP contribution in [-0.2, 0) is 11.2 Å². The highest BCUT2D eigenvalue weighted by Gasteiger charge is 2.14. The smallest absolute Gasteiger partial charge is 0.339 e. The van der Waals surface area contributed by atoms with Gasteiger partial charge < -0.3 is 10.2 Å². The van der Waals surface area contributed by atoms with Crippen LogP contribution in [0.25, 0.3) is 5.57 Å². The van der Waals surface area contributed by atoms with Crippen molar-refractivity contribution in [3.63, 3.8) is 0 Å². The molecular formula is C21H23NO3. The van der Waals surface area contributed by atoms with Crippen molar-refractivity contribution in [1.82, 2.24) is 0 Å².